The molecular weight excluding hydrogens is 620 g/mol. The van der Waals surface area contributed by atoms with Gasteiger partial charge in [-0.2, -0.15) is 5.10 Å². The van der Waals surface area contributed by atoms with Crippen LogP contribution in [0.15, 0.2) is 75.6 Å². The first kappa shape index (κ1) is 29.1. The summed E-state index contributed by atoms with van der Waals surface area (Å²) < 4.78 is 16.3. The number of nitrogens with zero attached hydrogens (tertiary/aromatic N) is 2. The quantitative estimate of drug-likeness (QED) is 0.107. The van der Waals surface area contributed by atoms with Gasteiger partial charge in [-0.3, -0.25) is 4.79 Å². The molecule has 4 rings (SSSR count). The molecule has 0 bridgehead atoms. The van der Waals surface area contributed by atoms with E-state index < -0.39 is 5.97 Å². The predicted octanol–water partition coefficient (Wildman–Crippen LogP) is 6.68. The summed E-state index contributed by atoms with van der Waals surface area (Å²) in [5.74, 6) is -0.106. The molecule has 0 atom stereocenters. The van der Waals surface area contributed by atoms with Crippen LogP contribution in [0.2, 0.25) is 5.02 Å². The number of halogens is 2. The summed E-state index contributed by atoms with van der Waals surface area (Å²) in [4.78, 5) is 28.7. The van der Waals surface area contributed by atoms with E-state index in [1.807, 2.05) is 48.7 Å². The Morgan fingerprint density at radius 1 is 1.10 bits per heavy atom. The van der Waals surface area contributed by atoms with Gasteiger partial charge in [0.15, 0.2) is 23.2 Å². The van der Waals surface area contributed by atoms with Crippen molar-refractivity contribution in [3.63, 3.8) is 0 Å². The summed E-state index contributed by atoms with van der Waals surface area (Å²) >= 11 is 10.8. The number of thiazole rings is 1. The summed E-state index contributed by atoms with van der Waals surface area (Å²) in [6.45, 7) is 1.95. The number of hydrogen-bond acceptors (Lipinski definition) is 9. The van der Waals surface area contributed by atoms with E-state index >= 15 is 0 Å². The minimum Gasteiger partial charge on any atom is -0.490 e. The van der Waals surface area contributed by atoms with Gasteiger partial charge in [0.2, 0.25) is 0 Å². The zero-order chi connectivity index (χ0) is 28.5. The van der Waals surface area contributed by atoms with Gasteiger partial charge in [-0.25, -0.2) is 15.2 Å². The summed E-state index contributed by atoms with van der Waals surface area (Å²) in [7, 11) is 1.28. The molecule has 206 valence electrons. The highest BCUT2D eigenvalue weighted by Crippen LogP contribution is 2.36. The van der Waals surface area contributed by atoms with E-state index in [9.17, 15) is 9.59 Å². The maximum atomic E-state index is 12.6. The molecule has 9 nitrogen and oxygen atoms in total. The molecule has 0 aliphatic rings. The molecule has 0 radical (unpaired) electrons. The highest BCUT2D eigenvalue weighted by atomic mass is 79.9. The molecule has 40 heavy (non-hydrogen) atoms. The van der Waals surface area contributed by atoms with Crippen LogP contribution in [0.5, 0.6) is 11.5 Å². The van der Waals surface area contributed by atoms with Gasteiger partial charge in [0.25, 0.3) is 5.91 Å². The molecule has 1 heterocycles. The van der Waals surface area contributed by atoms with Crippen LogP contribution in [0.4, 0.5) is 10.8 Å². The Morgan fingerprint density at radius 2 is 1.85 bits per heavy atom. The predicted molar refractivity (Wildman–Crippen MR) is 160 cm³/mol. The number of nitrogens with one attached hydrogen (secondary N) is 2. The van der Waals surface area contributed by atoms with Gasteiger partial charge < -0.3 is 19.5 Å². The first-order valence-electron chi connectivity index (χ1n) is 11.9. The monoisotopic (exact) mass is 642 g/mol. The topological polar surface area (TPSA) is 111 Å². The van der Waals surface area contributed by atoms with E-state index in [4.69, 9.17) is 21.1 Å². The summed E-state index contributed by atoms with van der Waals surface area (Å²) in [6.07, 6.45) is 1.48. The van der Waals surface area contributed by atoms with E-state index in [0.717, 1.165) is 22.1 Å². The third-order valence-corrected chi connectivity index (χ3v) is 6.91. The molecular formula is C28H24BrClN4O5S. The minimum atomic E-state index is -0.516. The second kappa shape index (κ2) is 13.9. The number of amides is 1. The first-order chi connectivity index (χ1) is 19.4. The van der Waals surface area contributed by atoms with Crippen LogP contribution >= 0.6 is 38.9 Å². The Morgan fingerprint density at radius 3 is 2.55 bits per heavy atom. The lowest BCUT2D eigenvalue weighted by atomic mass is 10.1. The average Bonchev–Trinajstić information content (AvgIpc) is 3.42. The van der Waals surface area contributed by atoms with Crippen LogP contribution in [0.3, 0.4) is 0 Å². The van der Waals surface area contributed by atoms with Crippen molar-refractivity contribution in [1.82, 2.24) is 10.4 Å². The number of methoxy groups -OCH3 is 1. The summed E-state index contributed by atoms with van der Waals surface area (Å²) in [5, 5.41) is 10.7. The molecule has 0 spiro atoms. The maximum absolute atomic E-state index is 12.6. The van der Waals surface area contributed by atoms with Crippen LogP contribution in [-0.2, 0) is 9.53 Å². The van der Waals surface area contributed by atoms with Crippen molar-refractivity contribution < 1.29 is 23.8 Å². The lowest BCUT2D eigenvalue weighted by Gasteiger charge is -2.13. The fourth-order valence-electron chi connectivity index (χ4n) is 3.40. The van der Waals surface area contributed by atoms with Crippen molar-refractivity contribution in [3.05, 3.63) is 86.7 Å². The fraction of sp³-hybridized carbons (Fsp3) is 0.143. The van der Waals surface area contributed by atoms with Crippen LogP contribution in [0.1, 0.15) is 22.8 Å². The Bertz CT molecular complexity index is 1510. The van der Waals surface area contributed by atoms with Gasteiger partial charge in [-0.1, -0.05) is 23.7 Å². The number of esters is 1. The molecule has 1 aromatic heterocycles. The second-order valence-corrected chi connectivity index (χ2v) is 10.2. The summed E-state index contributed by atoms with van der Waals surface area (Å²) in [6, 6.07) is 17.9. The van der Waals surface area contributed by atoms with E-state index in [2.05, 4.69) is 41.5 Å². The van der Waals surface area contributed by atoms with Crippen molar-refractivity contribution in [2.45, 2.75) is 6.92 Å². The van der Waals surface area contributed by atoms with Crippen LogP contribution in [-0.4, -0.2) is 43.4 Å². The molecule has 0 saturated heterocycles. The summed E-state index contributed by atoms with van der Waals surface area (Å²) in [5.41, 5.74) is 6.17. The van der Waals surface area contributed by atoms with Crippen LogP contribution in [0.25, 0.3) is 11.3 Å². The van der Waals surface area contributed by atoms with E-state index in [-0.39, 0.29) is 12.5 Å². The number of anilines is 2. The molecule has 0 saturated carbocycles. The van der Waals surface area contributed by atoms with Crippen molar-refractivity contribution in [1.29, 1.82) is 0 Å². The minimum absolute atomic E-state index is 0.263. The van der Waals surface area contributed by atoms with Gasteiger partial charge in [0.05, 0.1) is 30.1 Å². The molecule has 12 heteroatoms. The fourth-order valence-corrected chi connectivity index (χ4v) is 4.84. The first-order valence-corrected chi connectivity index (χ1v) is 14.0. The molecule has 0 aliphatic heterocycles. The smallest absolute Gasteiger partial charge is 0.343 e. The van der Waals surface area contributed by atoms with Gasteiger partial charge >= 0.3 is 5.97 Å². The third kappa shape index (κ3) is 7.81. The number of aromatic nitrogens is 1. The molecule has 0 aliphatic carbocycles. The SMILES string of the molecule is CCOc1cc(/C=N\NC(=O)c2ccc(-c3csc(Nc4ccc(Cl)cc4)n3)cc2)cc(Br)c1OCC(=O)OC. The van der Waals surface area contributed by atoms with Gasteiger partial charge in [0, 0.05) is 27.2 Å². The molecule has 4 aromatic rings. The van der Waals surface area contributed by atoms with E-state index in [0.29, 0.717) is 38.7 Å². The molecule has 3 aromatic carbocycles. The number of hydrazone groups is 1. The number of rotatable bonds is 11. The molecule has 0 unspecified atom stereocenters. The molecule has 0 fully saturated rings. The second-order valence-electron chi connectivity index (χ2n) is 8.07. The van der Waals surface area contributed by atoms with Gasteiger partial charge in [-0.15, -0.1) is 11.3 Å². The lowest BCUT2D eigenvalue weighted by molar-refractivity contribution is -0.142. The highest BCUT2D eigenvalue weighted by Gasteiger charge is 2.14. The van der Waals surface area contributed by atoms with Crippen molar-refractivity contribution >= 4 is 67.8 Å². The number of benzene rings is 3. The maximum Gasteiger partial charge on any atom is 0.343 e. The number of carbonyl (C=O) groups is 2. The van der Waals surface area contributed by atoms with Crippen molar-refractivity contribution in [2.75, 3.05) is 25.6 Å². The Hall–Kier alpha value is -3.93. The third-order valence-electron chi connectivity index (χ3n) is 5.32. The van der Waals surface area contributed by atoms with Crippen LogP contribution in [0, 0.1) is 0 Å². The number of hydrogen-bond donors (Lipinski definition) is 2. The van der Waals surface area contributed by atoms with Crippen LogP contribution < -0.4 is 20.2 Å². The van der Waals surface area contributed by atoms with E-state index in [1.54, 1.807) is 24.3 Å². The highest BCUT2D eigenvalue weighted by molar-refractivity contribution is 9.10. The molecule has 1 amide bonds. The average molecular weight is 644 g/mol. The van der Waals surface area contributed by atoms with E-state index in [1.165, 1.54) is 24.7 Å². The Balaban J connectivity index is 1.37. The molecule has 2 N–H and O–H groups in total. The lowest BCUT2D eigenvalue weighted by Crippen LogP contribution is -2.17. The zero-order valence-electron chi connectivity index (χ0n) is 21.4. The largest absolute Gasteiger partial charge is 0.490 e. The van der Waals surface area contributed by atoms with Gasteiger partial charge in [-0.05, 0) is 76.9 Å². The standard InChI is InChI=1S/C28H24BrClN4O5S/c1-3-38-24-13-17(12-22(29)26(24)39-15-25(35)37-2)14-31-34-27(36)19-6-4-18(5-7-19)23-16-40-28(33-23)32-21-10-8-20(30)9-11-21/h4-14,16H,3,15H2,1-2H3,(H,32,33)(H,34,36)/b31-14-. The Labute approximate surface area is 248 Å². The number of carbonyl (C=O) groups excluding carboxylic acids is 2. The zero-order valence-corrected chi connectivity index (χ0v) is 24.6. The normalized spacial score (nSPS) is 10.8. The van der Waals surface area contributed by atoms with Crippen molar-refractivity contribution in [2.24, 2.45) is 5.10 Å². The van der Waals surface area contributed by atoms with Crippen molar-refractivity contribution in [3.8, 4) is 22.8 Å². The number of ether oxygens (including phenoxy) is 3. The van der Waals surface area contributed by atoms with Gasteiger partial charge in [0.1, 0.15) is 0 Å². The Kier molecular flexibility index (Phi) is 10.1.